The molecular formula is C24H19ClN4O2. The van der Waals surface area contributed by atoms with E-state index >= 15 is 0 Å². The molecule has 0 saturated carbocycles. The van der Waals surface area contributed by atoms with E-state index in [0.717, 1.165) is 5.56 Å². The fourth-order valence-corrected chi connectivity index (χ4v) is 3.46. The molecule has 1 aromatic heterocycles. The van der Waals surface area contributed by atoms with Gasteiger partial charge < -0.3 is 14.8 Å². The highest BCUT2D eigenvalue weighted by atomic mass is 35.5. The smallest absolute Gasteiger partial charge is 0.247 e. The lowest BCUT2D eigenvalue weighted by Gasteiger charge is -2.24. The third-order valence-corrected chi connectivity index (χ3v) is 5.46. The molecule has 2 atom stereocenters. The van der Waals surface area contributed by atoms with Gasteiger partial charge in [-0.3, -0.25) is 0 Å². The van der Waals surface area contributed by atoms with E-state index in [4.69, 9.17) is 22.6 Å². The summed E-state index contributed by atoms with van der Waals surface area (Å²) in [6.45, 7) is 9.05. The van der Waals surface area contributed by atoms with Crippen LogP contribution in [-0.4, -0.2) is 15.3 Å². The number of aromatic nitrogens is 2. The quantitative estimate of drug-likeness (QED) is 0.359. The minimum atomic E-state index is -0.969. The molecule has 2 unspecified atom stereocenters. The van der Waals surface area contributed by atoms with E-state index in [1.54, 1.807) is 12.1 Å². The van der Waals surface area contributed by atoms with Crippen molar-refractivity contribution in [3.8, 4) is 11.5 Å². The van der Waals surface area contributed by atoms with Gasteiger partial charge in [0.05, 0.1) is 11.6 Å². The summed E-state index contributed by atoms with van der Waals surface area (Å²) in [4.78, 5) is 3.43. The molecule has 0 radical (unpaired) electrons. The highest BCUT2D eigenvalue weighted by Crippen LogP contribution is 2.38. The zero-order chi connectivity index (χ0) is 21.8. The first kappa shape index (κ1) is 20.6. The molecule has 6 nitrogen and oxygen atoms in total. The summed E-state index contributed by atoms with van der Waals surface area (Å²) in [5.74, 6) is 0.598. The maximum atomic E-state index is 11.2. The van der Waals surface area contributed by atoms with Gasteiger partial charge in [-0.05, 0) is 36.2 Å². The Morgan fingerprint density at radius 2 is 1.68 bits per heavy atom. The molecule has 0 fully saturated rings. The summed E-state index contributed by atoms with van der Waals surface area (Å²) in [5.41, 5.74) is 3.21. The minimum absolute atomic E-state index is 0.236. The van der Waals surface area contributed by atoms with E-state index in [1.165, 1.54) is 0 Å². The van der Waals surface area contributed by atoms with Crippen molar-refractivity contribution in [2.45, 2.75) is 19.1 Å². The summed E-state index contributed by atoms with van der Waals surface area (Å²) in [6, 6.07) is 21.3. The molecule has 0 bridgehead atoms. The predicted molar refractivity (Wildman–Crippen MR) is 120 cm³/mol. The van der Waals surface area contributed by atoms with Crippen LogP contribution in [0.15, 0.2) is 77.2 Å². The lowest BCUT2D eigenvalue weighted by atomic mass is 10.0. The van der Waals surface area contributed by atoms with Crippen molar-refractivity contribution in [2.75, 3.05) is 5.32 Å². The van der Waals surface area contributed by atoms with Crippen LogP contribution in [-0.2, 0) is 0 Å². The molecule has 0 saturated heterocycles. The highest BCUT2D eigenvalue weighted by molar-refractivity contribution is 6.34. The first-order valence-electron chi connectivity index (χ1n) is 9.63. The van der Waals surface area contributed by atoms with Gasteiger partial charge in [0.2, 0.25) is 17.5 Å². The van der Waals surface area contributed by atoms with Crippen molar-refractivity contribution in [1.82, 2.24) is 10.2 Å². The standard InChI is InChI=1S/C24H19ClN4O2/c1-15-18(13-14-19(26-2)20(15)25)27-21(22(30)16-9-5-3-6-10-16)24-29-28-23(31-24)17-11-7-4-8-12-17/h3-14,21-22,27,30H,1H3. The van der Waals surface area contributed by atoms with Crippen LogP contribution in [0.25, 0.3) is 16.3 Å². The van der Waals surface area contributed by atoms with Crippen LogP contribution in [0.5, 0.6) is 0 Å². The van der Waals surface area contributed by atoms with E-state index < -0.39 is 12.1 Å². The topological polar surface area (TPSA) is 75.5 Å². The van der Waals surface area contributed by atoms with Crippen LogP contribution < -0.4 is 5.32 Å². The maximum Gasteiger partial charge on any atom is 0.247 e. The molecule has 3 aromatic carbocycles. The van der Waals surface area contributed by atoms with E-state index in [2.05, 4.69) is 20.4 Å². The second-order valence-electron chi connectivity index (χ2n) is 6.97. The van der Waals surface area contributed by atoms with Gasteiger partial charge in [0.25, 0.3) is 0 Å². The van der Waals surface area contributed by atoms with Crippen molar-refractivity contribution < 1.29 is 9.52 Å². The molecule has 0 aliphatic heterocycles. The molecule has 31 heavy (non-hydrogen) atoms. The number of aliphatic hydroxyl groups is 1. The highest BCUT2D eigenvalue weighted by Gasteiger charge is 2.29. The van der Waals surface area contributed by atoms with Crippen molar-refractivity contribution >= 4 is 23.0 Å². The first-order chi connectivity index (χ1) is 15.1. The maximum absolute atomic E-state index is 11.2. The fraction of sp³-hybridized carbons (Fsp3) is 0.125. The molecular weight excluding hydrogens is 412 g/mol. The number of aliphatic hydroxyl groups excluding tert-OH is 1. The van der Waals surface area contributed by atoms with Crippen LogP contribution in [0, 0.1) is 13.5 Å². The molecule has 7 heteroatoms. The number of rotatable bonds is 6. The van der Waals surface area contributed by atoms with Crippen LogP contribution in [0.4, 0.5) is 11.4 Å². The Morgan fingerprint density at radius 1 is 1.00 bits per heavy atom. The number of nitrogens with zero attached hydrogens (tertiary/aromatic N) is 3. The van der Waals surface area contributed by atoms with Crippen molar-refractivity contribution in [3.63, 3.8) is 0 Å². The largest absolute Gasteiger partial charge is 0.418 e. The molecule has 0 amide bonds. The zero-order valence-corrected chi connectivity index (χ0v) is 17.4. The third kappa shape index (κ3) is 4.29. The van der Waals surface area contributed by atoms with Crippen LogP contribution >= 0.6 is 11.6 Å². The summed E-state index contributed by atoms with van der Waals surface area (Å²) in [5, 5.41) is 23.2. The molecule has 0 spiro atoms. The number of benzene rings is 3. The molecule has 154 valence electrons. The van der Waals surface area contributed by atoms with Gasteiger partial charge in [0.15, 0.2) is 0 Å². The molecule has 2 N–H and O–H groups in total. The second kappa shape index (κ2) is 9.00. The SMILES string of the molecule is [C-]#[N+]c1ccc(NC(c2nnc(-c3ccccc3)o2)C(O)c2ccccc2)c(C)c1Cl. The average molecular weight is 431 g/mol. The van der Waals surface area contributed by atoms with E-state index in [9.17, 15) is 5.11 Å². The number of halogens is 1. The molecule has 4 rings (SSSR count). The Balaban J connectivity index is 1.74. The Morgan fingerprint density at radius 3 is 2.35 bits per heavy atom. The van der Waals surface area contributed by atoms with Crippen molar-refractivity contribution in [3.05, 3.63) is 106 Å². The Kier molecular flexibility index (Phi) is 5.99. The molecule has 1 heterocycles. The Bertz CT molecular complexity index is 1220. The van der Waals surface area contributed by atoms with Gasteiger partial charge in [0.1, 0.15) is 12.1 Å². The third-order valence-electron chi connectivity index (χ3n) is 4.98. The van der Waals surface area contributed by atoms with Crippen molar-refractivity contribution in [2.24, 2.45) is 0 Å². The van der Waals surface area contributed by atoms with Gasteiger partial charge >= 0.3 is 0 Å². The molecule has 0 aliphatic rings. The first-order valence-corrected chi connectivity index (χ1v) is 10.0. The minimum Gasteiger partial charge on any atom is -0.418 e. The lowest BCUT2D eigenvalue weighted by molar-refractivity contribution is 0.143. The second-order valence-corrected chi connectivity index (χ2v) is 7.35. The lowest BCUT2D eigenvalue weighted by Crippen LogP contribution is -2.20. The summed E-state index contributed by atoms with van der Waals surface area (Å²) < 4.78 is 5.94. The summed E-state index contributed by atoms with van der Waals surface area (Å²) >= 11 is 6.34. The van der Waals surface area contributed by atoms with Crippen LogP contribution in [0.1, 0.15) is 29.2 Å². The fourth-order valence-electron chi connectivity index (χ4n) is 3.26. The van der Waals surface area contributed by atoms with Crippen LogP contribution in [0.2, 0.25) is 5.02 Å². The van der Waals surface area contributed by atoms with Gasteiger partial charge in [-0.15, -0.1) is 10.2 Å². The Hall–Kier alpha value is -3.66. The van der Waals surface area contributed by atoms with E-state index in [-0.39, 0.29) is 5.89 Å². The summed E-state index contributed by atoms with van der Waals surface area (Å²) in [6.07, 6.45) is -0.969. The van der Waals surface area contributed by atoms with Gasteiger partial charge in [-0.1, -0.05) is 66.2 Å². The number of hydrogen-bond donors (Lipinski definition) is 2. The predicted octanol–water partition coefficient (Wildman–Crippen LogP) is 6.14. The number of anilines is 1. The average Bonchev–Trinajstić information content (AvgIpc) is 3.31. The number of nitrogens with one attached hydrogen (secondary N) is 1. The van der Waals surface area contributed by atoms with Gasteiger partial charge in [-0.2, -0.15) is 0 Å². The number of hydrogen-bond acceptors (Lipinski definition) is 5. The normalized spacial score (nSPS) is 12.7. The van der Waals surface area contributed by atoms with Gasteiger partial charge in [0, 0.05) is 11.3 Å². The monoisotopic (exact) mass is 430 g/mol. The van der Waals surface area contributed by atoms with E-state index in [1.807, 2.05) is 67.6 Å². The Labute approximate surface area is 185 Å². The molecule has 0 aliphatic carbocycles. The van der Waals surface area contributed by atoms with E-state index in [0.29, 0.717) is 33.4 Å². The van der Waals surface area contributed by atoms with Crippen LogP contribution in [0.3, 0.4) is 0 Å². The van der Waals surface area contributed by atoms with Crippen molar-refractivity contribution in [1.29, 1.82) is 0 Å². The van der Waals surface area contributed by atoms with Gasteiger partial charge in [-0.25, -0.2) is 4.85 Å². The molecule has 4 aromatic rings. The summed E-state index contributed by atoms with van der Waals surface area (Å²) in [7, 11) is 0. The zero-order valence-electron chi connectivity index (χ0n) is 16.7.